The highest BCUT2D eigenvalue weighted by molar-refractivity contribution is 7.94. The smallest absolute Gasteiger partial charge is 0.293 e. The maximum Gasteiger partial charge on any atom is 0.293 e. The average Bonchev–Trinajstić information content (AvgIpc) is 2.76. The van der Waals surface area contributed by atoms with Gasteiger partial charge in [-0.25, -0.2) is 0 Å². The molecule has 0 radical (unpaired) electrons. The van der Waals surface area contributed by atoms with E-state index >= 15 is 0 Å². The Bertz CT molecular complexity index is 666. The Morgan fingerprint density at radius 2 is 1.94 bits per heavy atom. The minimum atomic E-state index is -3.70. The second kappa shape index (κ2) is 4.54. The van der Waals surface area contributed by atoms with Crippen LogP contribution in [-0.2, 0) is 10.0 Å². The van der Waals surface area contributed by atoms with E-state index in [1.54, 1.807) is 12.1 Å². The molecule has 1 aromatic carbocycles. The van der Waals surface area contributed by atoms with Crippen molar-refractivity contribution in [1.82, 2.24) is 10.2 Å². The van der Waals surface area contributed by atoms with Crippen molar-refractivity contribution < 1.29 is 8.42 Å². The molecule has 2 rings (SSSR count). The molecule has 0 atom stereocenters. The molecule has 0 bridgehead atoms. The zero-order valence-electron chi connectivity index (χ0n) is 9.86. The van der Waals surface area contributed by atoms with E-state index in [4.69, 9.17) is 5.73 Å². The van der Waals surface area contributed by atoms with Crippen LogP contribution >= 0.6 is 11.3 Å². The molecule has 2 aromatic rings. The number of sulfonamides is 1. The molecule has 0 fully saturated rings. The van der Waals surface area contributed by atoms with E-state index in [0.717, 1.165) is 16.9 Å². The Labute approximate surface area is 109 Å². The summed E-state index contributed by atoms with van der Waals surface area (Å²) in [5, 5.41) is 7.23. The van der Waals surface area contributed by atoms with E-state index in [2.05, 4.69) is 10.2 Å². The number of nitrogens with zero attached hydrogens (tertiary/aromatic N) is 3. The fourth-order valence-electron chi connectivity index (χ4n) is 1.49. The van der Waals surface area contributed by atoms with Gasteiger partial charge in [0.1, 0.15) is 0 Å². The van der Waals surface area contributed by atoms with Crippen LogP contribution < -0.4 is 10.0 Å². The first-order valence-corrected chi connectivity index (χ1v) is 7.32. The predicted molar refractivity (Wildman–Crippen MR) is 71.1 cm³/mol. The number of anilines is 2. The van der Waals surface area contributed by atoms with E-state index in [9.17, 15) is 8.42 Å². The first-order chi connectivity index (χ1) is 8.43. The highest BCUT2D eigenvalue weighted by Crippen LogP contribution is 2.26. The predicted octanol–water partition coefficient (Wildman–Crippen LogP) is 1.25. The largest absolute Gasteiger partial charge is 0.374 e. The second-order valence-electron chi connectivity index (χ2n) is 3.67. The van der Waals surface area contributed by atoms with E-state index in [0.29, 0.717) is 5.69 Å². The summed E-state index contributed by atoms with van der Waals surface area (Å²) in [5.41, 5.74) is 6.87. The van der Waals surface area contributed by atoms with Gasteiger partial charge in [0, 0.05) is 7.05 Å². The molecule has 96 valence electrons. The van der Waals surface area contributed by atoms with Crippen LogP contribution in [-0.4, -0.2) is 25.7 Å². The molecule has 1 aromatic heterocycles. The highest BCUT2D eigenvalue weighted by atomic mass is 32.2. The standard InChI is InChI=1S/C10H12N4O2S2/c1-7-5-3-4-6-8(7)14(2)18(15,16)10-13-12-9(11)17-10/h3-6H,1-2H3,(H2,11,12). The van der Waals surface area contributed by atoms with Crippen molar-refractivity contribution in [3.05, 3.63) is 29.8 Å². The molecule has 6 nitrogen and oxygen atoms in total. The lowest BCUT2D eigenvalue weighted by molar-refractivity contribution is 0.592. The third-order valence-electron chi connectivity index (χ3n) is 2.46. The molecule has 0 amide bonds. The normalized spacial score (nSPS) is 11.4. The summed E-state index contributed by atoms with van der Waals surface area (Å²) >= 11 is 0.849. The summed E-state index contributed by atoms with van der Waals surface area (Å²) < 4.78 is 25.6. The van der Waals surface area contributed by atoms with Gasteiger partial charge in [-0.3, -0.25) is 4.31 Å². The lowest BCUT2D eigenvalue weighted by atomic mass is 10.2. The van der Waals surface area contributed by atoms with Crippen LogP contribution in [0.1, 0.15) is 5.56 Å². The van der Waals surface area contributed by atoms with Gasteiger partial charge in [0.05, 0.1) is 5.69 Å². The fraction of sp³-hybridized carbons (Fsp3) is 0.200. The number of nitrogen functional groups attached to an aromatic ring is 1. The quantitative estimate of drug-likeness (QED) is 0.916. The van der Waals surface area contributed by atoms with Crippen molar-refractivity contribution in [3.8, 4) is 0 Å². The fourth-order valence-corrected chi connectivity index (χ4v) is 3.69. The maximum atomic E-state index is 12.3. The maximum absolute atomic E-state index is 12.3. The third-order valence-corrected chi connectivity index (χ3v) is 5.33. The molecule has 0 spiro atoms. The van der Waals surface area contributed by atoms with Crippen molar-refractivity contribution in [2.75, 3.05) is 17.1 Å². The second-order valence-corrected chi connectivity index (χ2v) is 6.82. The van der Waals surface area contributed by atoms with E-state index in [1.165, 1.54) is 11.4 Å². The summed E-state index contributed by atoms with van der Waals surface area (Å²) in [6, 6.07) is 7.21. The van der Waals surface area contributed by atoms with Crippen molar-refractivity contribution in [3.63, 3.8) is 0 Å². The zero-order valence-corrected chi connectivity index (χ0v) is 11.5. The number of aromatic nitrogens is 2. The molecule has 0 saturated carbocycles. The van der Waals surface area contributed by atoms with Crippen molar-refractivity contribution in [2.45, 2.75) is 11.3 Å². The minimum Gasteiger partial charge on any atom is -0.374 e. The van der Waals surface area contributed by atoms with Gasteiger partial charge in [-0.2, -0.15) is 8.42 Å². The van der Waals surface area contributed by atoms with Gasteiger partial charge in [-0.05, 0) is 18.6 Å². The molecule has 18 heavy (non-hydrogen) atoms. The number of hydrogen-bond acceptors (Lipinski definition) is 6. The average molecular weight is 284 g/mol. The number of rotatable bonds is 3. The Morgan fingerprint density at radius 3 is 2.50 bits per heavy atom. The molecule has 0 saturated heterocycles. The Balaban J connectivity index is 2.46. The monoisotopic (exact) mass is 284 g/mol. The summed E-state index contributed by atoms with van der Waals surface area (Å²) in [7, 11) is -2.21. The molecular weight excluding hydrogens is 272 g/mol. The van der Waals surface area contributed by atoms with Crippen LogP contribution in [0.3, 0.4) is 0 Å². The molecular formula is C10H12N4O2S2. The van der Waals surface area contributed by atoms with Crippen molar-refractivity contribution >= 4 is 32.2 Å². The Kier molecular flexibility index (Phi) is 3.22. The minimum absolute atomic E-state index is 0.106. The van der Waals surface area contributed by atoms with Gasteiger partial charge in [0.2, 0.25) is 5.13 Å². The molecule has 8 heteroatoms. The first kappa shape index (κ1) is 12.8. The number of para-hydroxylation sites is 1. The summed E-state index contributed by atoms with van der Waals surface area (Å²) in [6.07, 6.45) is 0. The number of benzene rings is 1. The van der Waals surface area contributed by atoms with Crippen molar-refractivity contribution in [2.24, 2.45) is 0 Å². The molecule has 0 unspecified atom stereocenters. The lowest BCUT2D eigenvalue weighted by Gasteiger charge is -2.19. The van der Waals surface area contributed by atoms with Crippen LogP contribution in [0, 0.1) is 6.92 Å². The van der Waals surface area contributed by atoms with Gasteiger partial charge >= 0.3 is 0 Å². The molecule has 0 aliphatic carbocycles. The summed E-state index contributed by atoms with van der Waals surface area (Å²) in [5.74, 6) is 0. The summed E-state index contributed by atoms with van der Waals surface area (Å²) in [4.78, 5) is 0. The third kappa shape index (κ3) is 2.16. The molecule has 1 heterocycles. The number of hydrogen-bond donors (Lipinski definition) is 1. The number of aryl methyl sites for hydroxylation is 1. The van der Waals surface area contributed by atoms with Gasteiger partial charge in [-0.15, -0.1) is 10.2 Å². The molecule has 2 N–H and O–H groups in total. The van der Waals surface area contributed by atoms with E-state index < -0.39 is 10.0 Å². The van der Waals surface area contributed by atoms with E-state index in [-0.39, 0.29) is 9.47 Å². The van der Waals surface area contributed by atoms with Crippen LogP contribution in [0.5, 0.6) is 0 Å². The number of nitrogens with two attached hydrogens (primary N) is 1. The molecule has 0 aliphatic rings. The molecule has 0 aliphatic heterocycles. The van der Waals surface area contributed by atoms with Crippen molar-refractivity contribution in [1.29, 1.82) is 0 Å². The summed E-state index contributed by atoms with van der Waals surface area (Å²) in [6.45, 7) is 1.84. The van der Waals surface area contributed by atoms with Crippen LogP contribution in [0.25, 0.3) is 0 Å². The van der Waals surface area contributed by atoms with Crippen LogP contribution in [0.2, 0.25) is 0 Å². The highest BCUT2D eigenvalue weighted by Gasteiger charge is 2.26. The van der Waals surface area contributed by atoms with E-state index in [1.807, 2.05) is 19.1 Å². The SMILES string of the molecule is Cc1ccccc1N(C)S(=O)(=O)c1nnc(N)s1. The van der Waals surface area contributed by atoms with Gasteiger partial charge in [0.25, 0.3) is 14.4 Å². The topological polar surface area (TPSA) is 89.2 Å². The lowest BCUT2D eigenvalue weighted by Crippen LogP contribution is -2.27. The van der Waals surface area contributed by atoms with Crippen LogP contribution in [0.4, 0.5) is 10.8 Å². The Morgan fingerprint density at radius 1 is 1.28 bits per heavy atom. The Hall–Kier alpha value is -1.67. The van der Waals surface area contributed by atoms with Gasteiger partial charge in [-0.1, -0.05) is 29.5 Å². The first-order valence-electron chi connectivity index (χ1n) is 5.06. The zero-order chi connectivity index (χ0) is 13.3. The van der Waals surface area contributed by atoms with Gasteiger partial charge < -0.3 is 5.73 Å². The van der Waals surface area contributed by atoms with Crippen LogP contribution in [0.15, 0.2) is 28.6 Å². The van der Waals surface area contributed by atoms with Gasteiger partial charge in [0.15, 0.2) is 0 Å².